The lowest BCUT2D eigenvalue weighted by Gasteiger charge is -2.03. The molecule has 248 valence electrons. The summed E-state index contributed by atoms with van der Waals surface area (Å²) in [6.45, 7) is 11.9. The maximum absolute atomic E-state index is 5.82. The summed E-state index contributed by atoms with van der Waals surface area (Å²) in [5, 5.41) is 16.5. The van der Waals surface area contributed by atoms with Crippen molar-refractivity contribution in [2.75, 3.05) is 0 Å². The van der Waals surface area contributed by atoms with Crippen LogP contribution in [-0.2, 0) is 0 Å². The van der Waals surface area contributed by atoms with Crippen molar-refractivity contribution in [3.05, 3.63) is 187 Å². The van der Waals surface area contributed by atoms with Crippen molar-refractivity contribution in [2.45, 2.75) is 27.7 Å². The minimum Gasteiger partial charge on any atom is -0.416 e. The van der Waals surface area contributed by atoms with Gasteiger partial charge < -0.3 is 8.83 Å². The predicted octanol–water partition coefficient (Wildman–Crippen LogP) is 11.6. The molecule has 0 radical (unpaired) electrons. The lowest BCUT2D eigenvalue weighted by Crippen LogP contribution is -1.83. The quantitative estimate of drug-likeness (QED) is 0.159. The minimum absolute atomic E-state index is 0.519. The monoisotopic (exact) mass is 656 g/mol. The Labute approximate surface area is 294 Å². The van der Waals surface area contributed by atoms with Crippen LogP contribution in [0.15, 0.2) is 173 Å². The summed E-state index contributed by atoms with van der Waals surface area (Å²) in [6.07, 6.45) is 7.79. The molecule has 2 aromatic heterocycles. The molecule has 0 amide bonds. The molecule has 0 aliphatic carbocycles. The molecule has 50 heavy (non-hydrogen) atoms. The van der Waals surface area contributed by atoms with Gasteiger partial charge in [-0.3, -0.25) is 0 Å². The van der Waals surface area contributed by atoms with Gasteiger partial charge in [-0.2, -0.15) is 0 Å². The number of hydrogen-bond acceptors (Lipinski definition) is 6. The zero-order valence-electron chi connectivity index (χ0n) is 28.8. The number of aryl methyl sites for hydroxylation is 3. The number of rotatable bonds is 7. The first-order valence-electron chi connectivity index (χ1n) is 16.4. The molecule has 7 rings (SSSR count). The van der Waals surface area contributed by atoms with E-state index in [1.807, 2.05) is 154 Å². The van der Waals surface area contributed by atoms with E-state index >= 15 is 0 Å². The van der Waals surface area contributed by atoms with Crippen molar-refractivity contribution in [1.29, 1.82) is 0 Å². The van der Waals surface area contributed by atoms with Crippen LogP contribution in [0, 0.1) is 20.8 Å². The van der Waals surface area contributed by atoms with E-state index in [0.29, 0.717) is 23.6 Å². The predicted molar refractivity (Wildman–Crippen MR) is 204 cm³/mol. The molecular weight excluding hydrogens is 617 g/mol. The van der Waals surface area contributed by atoms with Crippen molar-refractivity contribution in [3.63, 3.8) is 0 Å². The van der Waals surface area contributed by atoms with Gasteiger partial charge in [-0.25, -0.2) is 0 Å². The summed E-state index contributed by atoms with van der Waals surface area (Å²) in [4.78, 5) is 0. The fourth-order valence-corrected chi connectivity index (χ4v) is 4.76. The van der Waals surface area contributed by atoms with Gasteiger partial charge in [-0.15, -0.1) is 20.4 Å². The highest BCUT2D eigenvalue weighted by atomic mass is 16.4. The van der Waals surface area contributed by atoms with Gasteiger partial charge in [0.15, 0.2) is 0 Å². The Morgan fingerprint density at radius 3 is 1.20 bits per heavy atom. The Bertz CT molecular complexity index is 2130. The van der Waals surface area contributed by atoms with Gasteiger partial charge in [0.2, 0.25) is 23.6 Å². The van der Waals surface area contributed by atoms with E-state index in [-0.39, 0.29) is 0 Å². The van der Waals surface area contributed by atoms with Crippen LogP contribution in [-0.4, -0.2) is 20.4 Å². The lowest BCUT2D eigenvalue weighted by molar-refractivity contribution is 0.584. The Kier molecular flexibility index (Phi) is 12.3. The second-order valence-corrected chi connectivity index (χ2v) is 11.5. The highest BCUT2D eigenvalue weighted by Gasteiger charge is 2.11. The van der Waals surface area contributed by atoms with E-state index < -0.39 is 0 Å². The molecule has 6 heteroatoms. The first-order chi connectivity index (χ1) is 24.4. The molecule has 0 aliphatic heterocycles. The van der Waals surface area contributed by atoms with Crippen LogP contribution in [0.25, 0.3) is 51.4 Å². The topological polar surface area (TPSA) is 77.8 Å². The number of nitrogens with zero attached hydrogens (tertiary/aromatic N) is 4. The third-order valence-corrected chi connectivity index (χ3v) is 7.60. The summed E-state index contributed by atoms with van der Waals surface area (Å²) in [7, 11) is 0. The number of hydrogen-bond donors (Lipinski definition) is 0. The second-order valence-electron chi connectivity index (χ2n) is 11.5. The summed E-state index contributed by atoms with van der Waals surface area (Å²) >= 11 is 0. The van der Waals surface area contributed by atoms with Crippen LogP contribution in [0.5, 0.6) is 0 Å². The molecule has 0 saturated heterocycles. The molecule has 0 unspecified atom stereocenters. The molecule has 0 atom stereocenters. The maximum Gasteiger partial charge on any atom is 0.248 e. The lowest BCUT2D eigenvalue weighted by atomic mass is 10.0. The van der Waals surface area contributed by atoms with Gasteiger partial charge in [-0.1, -0.05) is 133 Å². The van der Waals surface area contributed by atoms with E-state index in [0.717, 1.165) is 33.4 Å². The molecular formula is C44H40N4O2. The first-order valence-corrected chi connectivity index (χ1v) is 16.4. The summed E-state index contributed by atoms with van der Waals surface area (Å²) in [5.74, 6) is 2.15. The van der Waals surface area contributed by atoms with Crippen LogP contribution in [0.1, 0.15) is 29.2 Å². The molecule has 0 aliphatic rings. The van der Waals surface area contributed by atoms with Crippen molar-refractivity contribution in [2.24, 2.45) is 0 Å². The SMILES string of the molecule is C=C/C=C\C(=C/C)c1ccc(-c2nnc(-c3ccc(C)cc3)o2)cc1.Cc1ccc(-c2nnc(-c3ccccc3)o2)cc1.Cc1ccccc1. The standard InChI is InChI=1S/C22H20N2O.C15H12N2O.C7H8/c1-4-6-7-17(5-2)18-12-14-20(15-13-18)22-24-23-21(25-22)19-10-8-16(3)9-11-19;1-11-7-9-13(10-8-11)15-17-16-14(18-15)12-5-3-2-4-6-12;1-7-5-3-2-4-6-7/h4-15H,1H2,2-3H3;2-10H,1H3;2-6H,1H3/b7-6-,17-5+;;. The number of benzene rings is 5. The van der Waals surface area contributed by atoms with E-state index in [4.69, 9.17) is 8.83 Å². The zero-order valence-corrected chi connectivity index (χ0v) is 28.8. The average Bonchev–Trinajstić information content (AvgIpc) is 3.86. The second kappa shape index (κ2) is 17.7. The summed E-state index contributed by atoms with van der Waals surface area (Å²) < 4.78 is 11.5. The highest BCUT2D eigenvalue weighted by Crippen LogP contribution is 2.26. The molecule has 0 saturated carbocycles. The molecule has 0 N–H and O–H groups in total. The Balaban J connectivity index is 0.000000168. The fraction of sp³-hybridized carbons (Fsp3) is 0.0909. The first kappa shape index (κ1) is 34.9. The van der Waals surface area contributed by atoms with Gasteiger partial charge in [0.1, 0.15) is 0 Å². The summed E-state index contributed by atoms with van der Waals surface area (Å²) in [6, 6.07) is 44.2. The van der Waals surface area contributed by atoms with Gasteiger partial charge >= 0.3 is 0 Å². The van der Waals surface area contributed by atoms with Crippen LogP contribution < -0.4 is 0 Å². The zero-order chi connectivity index (χ0) is 35.1. The molecule has 5 aromatic carbocycles. The molecule has 0 bridgehead atoms. The molecule has 6 nitrogen and oxygen atoms in total. The Morgan fingerprint density at radius 2 is 0.840 bits per heavy atom. The van der Waals surface area contributed by atoms with E-state index in [9.17, 15) is 0 Å². The largest absolute Gasteiger partial charge is 0.416 e. The van der Waals surface area contributed by atoms with Crippen LogP contribution in [0.3, 0.4) is 0 Å². The average molecular weight is 657 g/mol. The van der Waals surface area contributed by atoms with Gasteiger partial charge in [0.25, 0.3) is 0 Å². The van der Waals surface area contributed by atoms with E-state index in [2.05, 4.69) is 52.1 Å². The molecule has 2 heterocycles. The highest BCUT2D eigenvalue weighted by molar-refractivity contribution is 5.75. The Morgan fingerprint density at radius 1 is 0.480 bits per heavy atom. The Hall–Kier alpha value is -6.40. The van der Waals surface area contributed by atoms with Crippen LogP contribution >= 0.6 is 0 Å². The fourth-order valence-electron chi connectivity index (χ4n) is 4.76. The number of allylic oxidation sites excluding steroid dienone is 5. The van der Waals surface area contributed by atoms with Crippen molar-refractivity contribution in [1.82, 2.24) is 20.4 Å². The van der Waals surface area contributed by atoms with Gasteiger partial charge in [-0.05, 0) is 87.4 Å². The van der Waals surface area contributed by atoms with Crippen LogP contribution in [0.4, 0.5) is 0 Å². The molecule has 7 aromatic rings. The van der Waals surface area contributed by atoms with E-state index in [1.165, 1.54) is 16.7 Å². The van der Waals surface area contributed by atoms with Gasteiger partial charge in [0.05, 0.1) is 0 Å². The number of aromatic nitrogens is 4. The third kappa shape index (κ3) is 9.81. The van der Waals surface area contributed by atoms with Crippen molar-refractivity contribution >= 4 is 5.57 Å². The van der Waals surface area contributed by atoms with E-state index in [1.54, 1.807) is 6.08 Å². The summed E-state index contributed by atoms with van der Waals surface area (Å²) in [5.41, 5.74) is 9.69. The smallest absolute Gasteiger partial charge is 0.248 e. The molecule has 0 spiro atoms. The molecule has 0 fully saturated rings. The van der Waals surface area contributed by atoms with Crippen LogP contribution in [0.2, 0.25) is 0 Å². The van der Waals surface area contributed by atoms with Crippen molar-refractivity contribution < 1.29 is 8.83 Å². The third-order valence-electron chi connectivity index (χ3n) is 7.60. The maximum atomic E-state index is 5.82. The van der Waals surface area contributed by atoms with Gasteiger partial charge in [0, 0.05) is 22.3 Å². The normalized spacial score (nSPS) is 10.9. The van der Waals surface area contributed by atoms with Crippen molar-refractivity contribution in [3.8, 4) is 45.8 Å². The minimum atomic E-state index is 0.519.